The van der Waals surface area contributed by atoms with Crippen LogP contribution in [0.1, 0.15) is 37.4 Å². The van der Waals surface area contributed by atoms with Crippen LogP contribution >= 0.6 is 0 Å². The maximum Gasteiger partial charge on any atom is 0.343 e. The molecule has 0 spiro atoms. The summed E-state index contributed by atoms with van der Waals surface area (Å²) in [6.45, 7) is 7.59. The van der Waals surface area contributed by atoms with Gasteiger partial charge in [-0.05, 0) is 53.1 Å². The Balaban J connectivity index is 1.59. The third kappa shape index (κ3) is 5.73. The van der Waals surface area contributed by atoms with E-state index in [1.54, 1.807) is 66.7 Å². The molecule has 3 rings (SSSR count). The van der Waals surface area contributed by atoms with Crippen molar-refractivity contribution in [1.29, 1.82) is 0 Å². The van der Waals surface area contributed by atoms with Gasteiger partial charge in [0.1, 0.15) is 0 Å². The molecule has 0 fully saturated rings. The highest BCUT2D eigenvalue weighted by Crippen LogP contribution is 2.29. The number of hydrogen-bond donors (Lipinski definition) is 0. The molecule has 5 heteroatoms. The number of rotatable bonds is 9. The Labute approximate surface area is 187 Å². The number of methoxy groups -OCH3 is 1. The molecule has 0 aliphatic heterocycles. The van der Waals surface area contributed by atoms with E-state index in [1.165, 1.54) is 7.11 Å². The van der Waals surface area contributed by atoms with E-state index in [2.05, 4.69) is 13.2 Å². The van der Waals surface area contributed by atoms with Crippen LogP contribution in [-0.4, -0.2) is 25.7 Å². The van der Waals surface area contributed by atoms with E-state index in [0.717, 1.165) is 16.7 Å². The van der Waals surface area contributed by atoms with Crippen LogP contribution in [0.3, 0.4) is 0 Å². The van der Waals surface area contributed by atoms with Gasteiger partial charge in [-0.1, -0.05) is 55.6 Å². The lowest BCUT2D eigenvalue weighted by Crippen LogP contribution is -2.10. The number of hydrogen-bond acceptors (Lipinski definition) is 5. The van der Waals surface area contributed by atoms with Gasteiger partial charge in [-0.3, -0.25) is 0 Å². The van der Waals surface area contributed by atoms with Crippen LogP contribution in [0.5, 0.6) is 11.5 Å². The molecule has 0 aliphatic rings. The summed E-state index contributed by atoms with van der Waals surface area (Å²) in [5, 5.41) is 0. The Bertz CT molecular complexity index is 1110. The van der Waals surface area contributed by atoms with E-state index in [0.29, 0.717) is 29.0 Å². The van der Waals surface area contributed by atoms with Gasteiger partial charge in [-0.25, -0.2) is 9.59 Å². The molecule has 3 aromatic rings. The minimum atomic E-state index is -0.483. The Hall–Kier alpha value is -4.12. The van der Waals surface area contributed by atoms with E-state index >= 15 is 0 Å². The average molecular weight is 428 g/mol. The van der Waals surface area contributed by atoms with Crippen molar-refractivity contribution < 1.29 is 23.8 Å². The molecule has 0 atom stereocenters. The largest absolute Gasteiger partial charge is 0.493 e. The number of carbonyl (C=O) groups excluding carboxylic acids is 2. The molecule has 0 heterocycles. The van der Waals surface area contributed by atoms with Gasteiger partial charge < -0.3 is 14.2 Å². The molecule has 0 aromatic heterocycles. The van der Waals surface area contributed by atoms with E-state index in [9.17, 15) is 9.59 Å². The van der Waals surface area contributed by atoms with Crippen molar-refractivity contribution in [3.05, 3.63) is 108 Å². The number of esters is 2. The minimum Gasteiger partial charge on any atom is -0.493 e. The fourth-order valence-corrected chi connectivity index (χ4v) is 2.97. The lowest BCUT2D eigenvalue weighted by atomic mass is 10.1. The van der Waals surface area contributed by atoms with Crippen molar-refractivity contribution in [2.75, 3.05) is 13.7 Å². The summed E-state index contributed by atoms with van der Waals surface area (Å²) in [4.78, 5) is 24.6. The zero-order valence-corrected chi connectivity index (χ0v) is 17.9. The van der Waals surface area contributed by atoms with Crippen molar-refractivity contribution in [3.63, 3.8) is 0 Å². The number of benzene rings is 3. The quantitative estimate of drug-likeness (QED) is 0.328. The van der Waals surface area contributed by atoms with Crippen LogP contribution in [0.25, 0.3) is 12.2 Å². The maximum absolute atomic E-state index is 12.4. The predicted octanol–water partition coefficient (Wildman–Crippen LogP) is 5.60. The lowest BCUT2D eigenvalue weighted by molar-refractivity contribution is 0.0508. The maximum atomic E-state index is 12.4. The summed E-state index contributed by atoms with van der Waals surface area (Å²) >= 11 is 0. The fraction of sp³-hybridized carbons (Fsp3) is 0.111. The highest BCUT2D eigenvalue weighted by Gasteiger charge is 2.13. The van der Waals surface area contributed by atoms with Crippen LogP contribution in [0.15, 0.2) is 79.9 Å². The van der Waals surface area contributed by atoms with Gasteiger partial charge >= 0.3 is 11.9 Å². The van der Waals surface area contributed by atoms with Crippen LogP contribution in [-0.2, 0) is 11.2 Å². The topological polar surface area (TPSA) is 61.8 Å². The molecule has 0 radical (unpaired) electrons. The van der Waals surface area contributed by atoms with Gasteiger partial charge in [0.05, 0.1) is 24.8 Å². The molecule has 0 saturated carbocycles. The summed E-state index contributed by atoms with van der Waals surface area (Å²) in [6.07, 6.45) is 3.90. The van der Waals surface area contributed by atoms with Gasteiger partial charge in [0.2, 0.25) is 0 Å². The first-order valence-electron chi connectivity index (χ1n) is 10.0. The normalized spacial score (nSPS) is 10.2. The average Bonchev–Trinajstić information content (AvgIpc) is 2.84. The molecule has 0 amide bonds. The van der Waals surface area contributed by atoms with E-state index < -0.39 is 5.97 Å². The smallest absolute Gasteiger partial charge is 0.343 e. The first-order valence-corrected chi connectivity index (χ1v) is 10.0. The second-order valence-corrected chi connectivity index (χ2v) is 6.91. The van der Waals surface area contributed by atoms with Crippen molar-refractivity contribution in [3.8, 4) is 11.5 Å². The first-order chi connectivity index (χ1) is 15.5. The Kier molecular flexibility index (Phi) is 7.60. The lowest BCUT2D eigenvalue weighted by Gasteiger charge is -2.11. The molecule has 0 bridgehead atoms. The van der Waals surface area contributed by atoms with Crippen molar-refractivity contribution in [2.24, 2.45) is 0 Å². The standard InChI is InChI=1S/C27H24O5/c1-4-19-6-11-22(12-7-19)26(28)31-17-16-21-10-15-24(25(18-21)30-3)32-27(29)23-13-8-20(5-2)9-14-23/h4-15,18H,1-2,16-17H2,3H3. The Morgan fingerprint density at radius 1 is 0.781 bits per heavy atom. The summed E-state index contributed by atoms with van der Waals surface area (Å²) in [7, 11) is 1.50. The van der Waals surface area contributed by atoms with E-state index in [1.807, 2.05) is 12.1 Å². The van der Waals surface area contributed by atoms with E-state index in [-0.39, 0.29) is 12.6 Å². The SMILES string of the molecule is C=Cc1ccc(C(=O)OCCc2ccc(OC(=O)c3ccc(C=C)cc3)c(OC)c2)cc1. The molecule has 0 N–H and O–H groups in total. The highest BCUT2D eigenvalue weighted by molar-refractivity contribution is 5.91. The van der Waals surface area contributed by atoms with Crippen LogP contribution in [0.2, 0.25) is 0 Å². The zero-order chi connectivity index (χ0) is 22.9. The van der Waals surface area contributed by atoms with Gasteiger partial charge in [-0.2, -0.15) is 0 Å². The fourth-order valence-electron chi connectivity index (χ4n) is 2.97. The molecular weight excluding hydrogens is 404 g/mol. The summed E-state index contributed by atoms with van der Waals surface area (Å²) in [5.41, 5.74) is 3.64. The minimum absolute atomic E-state index is 0.208. The molecule has 5 nitrogen and oxygen atoms in total. The summed E-state index contributed by atoms with van der Waals surface area (Å²) < 4.78 is 16.2. The molecule has 0 aliphatic carbocycles. The number of ether oxygens (including phenoxy) is 3. The molecule has 0 unspecified atom stereocenters. The monoisotopic (exact) mass is 428 g/mol. The van der Waals surface area contributed by atoms with E-state index in [4.69, 9.17) is 14.2 Å². The van der Waals surface area contributed by atoms with Crippen LogP contribution < -0.4 is 9.47 Å². The third-order valence-electron chi connectivity index (χ3n) is 4.82. The highest BCUT2D eigenvalue weighted by atomic mass is 16.6. The zero-order valence-electron chi connectivity index (χ0n) is 17.9. The Morgan fingerprint density at radius 3 is 1.88 bits per heavy atom. The summed E-state index contributed by atoms with van der Waals surface area (Å²) in [6, 6.07) is 19.2. The third-order valence-corrected chi connectivity index (χ3v) is 4.82. The van der Waals surface area contributed by atoms with Gasteiger partial charge in [0, 0.05) is 6.42 Å². The van der Waals surface area contributed by atoms with Crippen molar-refractivity contribution >= 4 is 24.1 Å². The molecule has 3 aromatic carbocycles. The number of carbonyl (C=O) groups is 2. The van der Waals surface area contributed by atoms with Gasteiger partial charge in [-0.15, -0.1) is 0 Å². The predicted molar refractivity (Wildman–Crippen MR) is 125 cm³/mol. The molecule has 162 valence electrons. The first kappa shape index (κ1) is 22.6. The Morgan fingerprint density at radius 2 is 1.34 bits per heavy atom. The van der Waals surface area contributed by atoms with Crippen molar-refractivity contribution in [2.45, 2.75) is 6.42 Å². The summed E-state index contributed by atoms with van der Waals surface area (Å²) in [5.74, 6) is -0.137. The van der Waals surface area contributed by atoms with Gasteiger partial charge in [0.25, 0.3) is 0 Å². The molecule has 32 heavy (non-hydrogen) atoms. The van der Waals surface area contributed by atoms with Gasteiger partial charge in [0.15, 0.2) is 11.5 Å². The second kappa shape index (κ2) is 10.8. The van der Waals surface area contributed by atoms with Crippen LogP contribution in [0.4, 0.5) is 0 Å². The molecule has 0 saturated heterocycles. The van der Waals surface area contributed by atoms with Crippen molar-refractivity contribution in [1.82, 2.24) is 0 Å². The second-order valence-electron chi connectivity index (χ2n) is 6.91. The molecular formula is C27H24O5. The van der Waals surface area contributed by atoms with Crippen LogP contribution in [0, 0.1) is 0 Å².